The SMILES string of the molecule is CCNC(=O)NC1=NCC(C2=CN=CC(C(=O)NN)C2)=C(n2cc(C(F)(F)F)cn2)C1. The zero-order chi connectivity index (χ0) is 22.6. The lowest BCUT2D eigenvalue weighted by atomic mass is 9.90. The van der Waals surface area contributed by atoms with E-state index in [1.807, 2.05) is 0 Å². The highest BCUT2D eigenvalue weighted by Gasteiger charge is 2.33. The van der Waals surface area contributed by atoms with Gasteiger partial charge in [-0.05, 0) is 18.9 Å². The molecule has 3 rings (SSSR count). The van der Waals surface area contributed by atoms with Crippen LogP contribution >= 0.6 is 0 Å². The average molecular weight is 438 g/mol. The van der Waals surface area contributed by atoms with Crippen molar-refractivity contribution in [3.05, 3.63) is 35.3 Å². The maximum absolute atomic E-state index is 13.1. The molecule has 3 heterocycles. The van der Waals surface area contributed by atoms with Gasteiger partial charge in [0.25, 0.3) is 0 Å². The number of carbonyl (C=O) groups excluding carboxylic acids is 2. The molecule has 1 aromatic heterocycles. The zero-order valence-electron chi connectivity index (χ0n) is 16.5. The smallest absolute Gasteiger partial charge is 0.338 e. The van der Waals surface area contributed by atoms with E-state index in [0.717, 1.165) is 17.1 Å². The van der Waals surface area contributed by atoms with Crippen molar-refractivity contribution in [1.29, 1.82) is 0 Å². The number of alkyl halides is 3. The summed E-state index contributed by atoms with van der Waals surface area (Å²) in [6, 6.07) is -0.471. The minimum Gasteiger partial charge on any atom is -0.338 e. The molecule has 0 aliphatic carbocycles. The van der Waals surface area contributed by atoms with E-state index in [-0.39, 0.29) is 25.2 Å². The van der Waals surface area contributed by atoms with Crippen molar-refractivity contribution in [2.45, 2.75) is 25.9 Å². The average Bonchev–Trinajstić information content (AvgIpc) is 3.24. The topological polar surface area (TPSA) is 139 Å². The number of aliphatic imine (C=N–C) groups is 2. The molecule has 0 fully saturated rings. The molecule has 166 valence electrons. The van der Waals surface area contributed by atoms with Gasteiger partial charge in [0, 0.05) is 37.2 Å². The lowest BCUT2D eigenvalue weighted by Crippen LogP contribution is -2.41. The zero-order valence-corrected chi connectivity index (χ0v) is 16.5. The molecular formula is C18H21F3N8O2. The van der Waals surface area contributed by atoms with E-state index in [0.29, 0.717) is 23.4 Å². The molecule has 10 nitrogen and oxygen atoms in total. The first kappa shape index (κ1) is 22.2. The first-order chi connectivity index (χ1) is 14.7. The van der Waals surface area contributed by atoms with Crippen LogP contribution in [-0.4, -0.2) is 46.9 Å². The Balaban J connectivity index is 1.95. The largest absolute Gasteiger partial charge is 0.419 e. The number of nitrogens with two attached hydrogens (primary N) is 1. The third-order valence-electron chi connectivity index (χ3n) is 4.70. The molecule has 2 aliphatic rings. The van der Waals surface area contributed by atoms with Gasteiger partial charge in [0.15, 0.2) is 0 Å². The fourth-order valence-electron chi connectivity index (χ4n) is 3.18. The van der Waals surface area contributed by atoms with Crippen molar-refractivity contribution >= 4 is 29.7 Å². The van der Waals surface area contributed by atoms with Gasteiger partial charge in [-0.1, -0.05) is 0 Å². The summed E-state index contributed by atoms with van der Waals surface area (Å²) in [6.45, 7) is 2.21. The summed E-state index contributed by atoms with van der Waals surface area (Å²) in [5.74, 6) is 4.42. The first-order valence-electron chi connectivity index (χ1n) is 9.38. The van der Waals surface area contributed by atoms with Gasteiger partial charge in [-0.3, -0.25) is 25.5 Å². The number of aromatic nitrogens is 2. The van der Waals surface area contributed by atoms with Crippen LogP contribution in [-0.2, 0) is 11.0 Å². The number of nitrogens with zero attached hydrogens (tertiary/aromatic N) is 4. The third-order valence-corrected chi connectivity index (χ3v) is 4.70. The molecule has 2 aliphatic heterocycles. The minimum atomic E-state index is -4.55. The highest BCUT2D eigenvalue weighted by atomic mass is 19.4. The molecule has 1 unspecified atom stereocenters. The maximum Gasteiger partial charge on any atom is 0.419 e. The van der Waals surface area contributed by atoms with Crippen LogP contribution in [0.2, 0.25) is 0 Å². The number of amidine groups is 1. The van der Waals surface area contributed by atoms with E-state index in [2.05, 4.69) is 31.1 Å². The summed E-state index contributed by atoms with van der Waals surface area (Å²) in [4.78, 5) is 32.2. The van der Waals surface area contributed by atoms with Crippen LogP contribution in [0, 0.1) is 5.92 Å². The van der Waals surface area contributed by atoms with Gasteiger partial charge >= 0.3 is 12.2 Å². The minimum absolute atomic E-state index is 0.0280. The van der Waals surface area contributed by atoms with Gasteiger partial charge in [0.2, 0.25) is 5.91 Å². The van der Waals surface area contributed by atoms with Gasteiger partial charge in [-0.2, -0.15) is 18.3 Å². The van der Waals surface area contributed by atoms with Crippen LogP contribution in [0.25, 0.3) is 5.70 Å². The molecule has 1 atom stereocenters. The maximum atomic E-state index is 13.1. The van der Waals surface area contributed by atoms with E-state index in [9.17, 15) is 22.8 Å². The van der Waals surface area contributed by atoms with E-state index >= 15 is 0 Å². The summed E-state index contributed by atoms with van der Waals surface area (Å²) >= 11 is 0. The van der Waals surface area contributed by atoms with Gasteiger partial charge < -0.3 is 5.32 Å². The molecule has 0 spiro atoms. The van der Waals surface area contributed by atoms with Gasteiger partial charge in [-0.15, -0.1) is 0 Å². The summed E-state index contributed by atoms with van der Waals surface area (Å²) < 4.78 is 40.4. The number of carbonyl (C=O) groups is 2. The summed E-state index contributed by atoms with van der Waals surface area (Å²) in [7, 11) is 0. The van der Waals surface area contributed by atoms with Crippen LogP contribution in [0.3, 0.4) is 0 Å². The molecular weight excluding hydrogens is 417 g/mol. The molecule has 0 aromatic carbocycles. The molecule has 5 N–H and O–H groups in total. The standard InChI is InChI=1S/C18H21F3N8O2/c1-2-24-17(31)27-15-4-14(29-9-12(7-26-29)18(19,20)21)13(8-25-15)10-3-11(6-23-5-10)16(30)28-22/h5-7,9,11H,2-4,8,22H2,1H3,(H,28,30)(H2,24,25,27,31). The lowest BCUT2D eigenvalue weighted by Gasteiger charge is -2.25. The molecule has 31 heavy (non-hydrogen) atoms. The summed E-state index contributed by atoms with van der Waals surface area (Å²) in [5, 5.41) is 9.02. The molecule has 0 radical (unpaired) electrons. The van der Waals surface area contributed by atoms with Crippen LogP contribution < -0.4 is 21.9 Å². The molecule has 13 heteroatoms. The van der Waals surface area contributed by atoms with E-state index in [1.54, 1.807) is 6.92 Å². The second kappa shape index (κ2) is 9.12. The third kappa shape index (κ3) is 5.17. The predicted octanol–water partition coefficient (Wildman–Crippen LogP) is 1.20. The second-order valence-corrected chi connectivity index (χ2v) is 6.79. The van der Waals surface area contributed by atoms with Gasteiger partial charge in [-0.25, -0.2) is 15.3 Å². The number of nitrogens with one attached hydrogen (secondary N) is 3. The van der Waals surface area contributed by atoms with Crippen molar-refractivity contribution in [1.82, 2.24) is 25.8 Å². The van der Waals surface area contributed by atoms with Crippen LogP contribution in [0.1, 0.15) is 25.3 Å². The fraction of sp³-hybridized carbons (Fsp3) is 0.389. The molecule has 0 saturated carbocycles. The van der Waals surface area contributed by atoms with E-state index in [1.165, 1.54) is 12.4 Å². The fourth-order valence-corrected chi connectivity index (χ4v) is 3.18. The number of hydrogen-bond acceptors (Lipinski definition) is 6. The molecule has 1 aromatic rings. The Morgan fingerprint density at radius 3 is 2.77 bits per heavy atom. The Bertz CT molecular complexity index is 990. The number of rotatable bonds is 4. The van der Waals surface area contributed by atoms with Crippen LogP contribution in [0.4, 0.5) is 18.0 Å². The van der Waals surface area contributed by atoms with Crippen LogP contribution in [0.15, 0.2) is 39.7 Å². The van der Waals surface area contributed by atoms with E-state index < -0.39 is 29.6 Å². The number of hydrazine groups is 1. The van der Waals surface area contributed by atoms with Crippen LogP contribution in [0.5, 0.6) is 0 Å². The summed E-state index contributed by atoms with van der Waals surface area (Å²) in [6.07, 6.45) is 0.292. The Morgan fingerprint density at radius 2 is 2.13 bits per heavy atom. The van der Waals surface area contributed by atoms with E-state index in [4.69, 9.17) is 5.84 Å². The summed E-state index contributed by atoms with van der Waals surface area (Å²) in [5.41, 5.74) is 2.75. The number of amides is 3. The molecule has 3 amide bonds. The Labute approximate surface area is 175 Å². The predicted molar refractivity (Wildman–Crippen MR) is 107 cm³/mol. The number of urea groups is 1. The monoisotopic (exact) mass is 438 g/mol. The van der Waals surface area contributed by atoms with Crippen molar-refractivity contribution in [3.63, 3.8) is 0 Å². The Kier molecular flexibility index (Phi) is 6.53. The second-order valence-electron chi connectivity index (χ2n) is 6.79. The Hall–Kier alpha value is -3.48. The van der Waals surface area contributed by atoms with Crippen molar-refractivity contribution in [2.75, 3.05) is 13.1 Å². The van der Waals surface area contributed by atoms with Gasteiger partial charge in [0.1, 0.15) is 5.84 Å². The number of dihydropyridines is 1. The Morgan fingerprint density at radius 1 is 1.35 bits per heavy atom. The van der Waals surface area contributed by atoms with Crippen molar-refractivity contribution in [3.8, 4) is 0 Å². The normalized spacial score (nSPS) is 18.9. The first-order valence-corrected chi connectivity index (χ1v) is 9.38. The quantitative estimate of drug-likeness (QED) is 0.319. The number of halogens is 3. The highest BCUT2D eigenvalue weighted by Crippen LogP contribution is 2.33. The van der Waals surface area contributed by atoms with Crippen molar-refractivity contribution < 1.29 is 22.8 Å². The van der Waals surface area contributed by atoms with Crippen molar-refractivity contribution in [2.24, 2.45) is 21.7 Å². The molecule has 0 bridgehead atoms. The molecule has 0 saturated heterocycles. The number of hydrogen-bond donors (Lipinski definition) is 4. The lowest BCUT2D eigenvalue weighted by molar-refractivity contribution is -0.137. The van der Waals surface area contributed by atoms with Gasteiger partial charge in [0.05, 0.1) is 29.9 Å². The highest BCUT2D eigenvalue weighted by molar-refractivity contribution is 6.02.